The Balaban J connectivity index is 2.00. The molecule has 2 rings (SSSR count). The predicted octanol–water partition coefficient (Wildman–Crippen LogP) is 1.90. The second-order valence-electron chi connectivity index (χ2n) is 4.62. The van der Waals surface area contributed by atoms with E-state index in [1.807, 2.05) is 0 Å². The van der Waals surface area contributed by atoms with Crippen molar-refractivity contribution in [3.8, 4) is 0 Å². The molecule has 1 aliphatic rings. The number of esters is 1. The lowest BCUT2D eigenvalue weighted by atomic mass is 10.1. The summed E-state index contributed by atoms with van der Waals surface area (Å²) in [4.78, 5) is 22.0. The molecule has 0 aromatic heterocycles. The number of nitrogens with two attached hydrogens (primary N) is 1. The van der Waals surface area contributed by atoms with E-state index in [9.17, 15) is 14.9 Å². The molecule has 1 unspecified atom stereocenters. The van der Waals surface area contributed by atoms with Crippen LogP contribution in [-0.4, -0.2) is 30.2 Å². The van der Waals surface area contributed by atoms with Crippen LogP contribution in [0, 0.1) is 10.1 Å². The minimum Gasteiger partial charge on any atom is -0.459 e. The maximum atomic E-state index is 11.9. The first-order chi connectivity index (χ1) is 9.58. The standard InChI is InChI=1S/C13H16N2O5/c14-12-5-4-9(15(17)18)7-11(12)13(16)20-8-10-3-1-2-6-19-10/h4-5,7,10H,1-3,6,8,14H2. The number of benzene rings is 1. The van der Waals surface area contributed by atoms with Crippen molar-refractivity contribution in [3.05, 3.63) is 33.9 Å². The van der Waals surface area contributed by atoms with Crippen LogP contribution < -0.4 is 5.73 Å². The van der Waals surface area contributed by atoms with Crippen molar-refractivity contribution < 1.29 is 19.2 Å². The molecule has 0 aliphatic carbocycles. The highest BCUT2D eigenvalue weighted by atomic mass is 16.6. The lowest BCUT2D eigenvalue weighted by molar-refractivity contribution is -0.384. The fourth-order valence-corrected chi connectivity index (χ4v) is 2.02. The second kappa shape index (κ2) is 6.33. The topological polar surface area (TPSA) is 105 Å². The van der Waals surface area contributed by atoms with Gasteiger partial charge in [0.25, 0.3) is 5.69 Å². The highest BCUT2D eigenvalue weighted by molar-refractivity contribution is 5.95. The molecule has 1 aromatic rings. The van der Waals surface area contributed by atoms with Crippen LogP contribution in [0.3, 0.4) is 0 Å². The summed E-state index contributed by atoms with van der Waals surface area (Å²) in [7, 11) is 0. The van der Waals surface area contributed by atoms with Gasteiger partial charge < -0.3 is 15.2 Å². The van der Waals surface area contributed by atoms with E-state index in [1.54, 1.807) is 0 Å². The molecule has 7 nitrogen and oxygen atoms in total. The van der Waals surface area contributed by atoms with Gasteiger partial charge in [-0.1, -0.05) is 0 Å². The molecular weight excluding hydrogens is 264 g/mol. The summed E-state index contributed by atoms with van der Waals surface area (Å²) < 4.78 is 10.6. The highest BCUT2D eigenvalue weighted by Gasteiger charge is 2.20. The number of hydrogen-bond donors (Lipinski definition) is 1. The summed E-state index contributed by atoms with van der Waals surface area (Å²) >= 11 is 0. The Labute approximate surface area is 115 Å². The van der Waals surface area contributed by atoms with Crippen LogP contribution >= 0.6 is 0 Å². The normalized spacial score (nSPS) is 18.5. The predicted molar refractivity (Wildman–Crippen MR) is 71.4 cm³/mol. The van der Waals surface area contributed by atoms with Gasteiger partial charge >= 0.3 is 5.97 Å². The number of nitrogen functional groups attached to an aromatic ring is 1. The van der Waals surface area contributed by atoms with Crippen molar-refractivity contribution in [1.29, 1.82) is 0 Å². The molecule has 0 amide bonds. The van der Waals surface area contributed by atoms with Gasteiger partial charge in [0.15, 0.2) is 0 Å². The minimum absolute atomic E-state index is 0.00927. The molecular formula is C13H16N2O5. The fraction of sp³-hybridized carbons (Fsp3) is 0.462. The zero-order chi connectivity index (χ0) is 14.5. The van der Waals surface area contributed by atoms with Gasteiger partial charge in [-0.3, -0.25) is 10.1 Å². The average molecular weight is 280 g/mol. The Kier molecular flexibility index (Phi) is 4.52. The average Bonchev–Trinajstić information content (AvgIpc) is 2.46. The summed E-state index contributed by atoms with van der Waals surface area (Å²) in [5.41, 5.74) is 5.62. The van der Waals surface area contributed by atoms with Crippen LogP contribution in [0.4, 0.5) is 11.4 Å². The molecule has 2 N–H and O–H groups in total. The van der Waals surface area contributed by atoms with E-state index < -0.39 is 10.9 Å². The Morgan fingerprint density at radius 3 is 2.95 bits per heavy atom. The number of nitro groups is 1. The quantitative estimate of drug-likeness (QED) is 0.391. The van der Waals surface area contributed by atoms with Crippen molar-refractivity contribution in [1.82, 2.24) is 0 Å². The lowest BCUT2D eigenvalue weighted by Crippen LogP contribution is -2.26. The van der Waals surface area contributed by atoms with Crippen LogP contribution in [-0.2, 0) is 9.47 Å². The molecule has 1 saturated heterocycles. The van der Waals surface area contributed by atoms with E-state index >= 15 is 0 Å². The molecule has 1 atom stereocenters. The van der Waals surface area contributed by atoms with Crippen LogP contribution in [0.15, 0.2) is 18.2 Å². The molecule has 7 heteroatoms. The summed E-state index contributed by atoms with van der Waals surface area (Å²) in [6.45, 7) is 0.808. The zero-order valence-corrected chi connectivity index (χ0v) is 10.9. The van der Waals surface area contributed by atoms with Crippen LogP contribution in [0.2, 0.25) is 0 Å². The van der Waals surface area contributed by atoms with Gasteiger partial charge in [-0.05, 0) is 25.3 Å². The number of rotatable bonds is 4. The third kappa shape index (κ3) is 3.45. The summed E-state index contributed by atoms with van der Waals surface area (Å²) in [6.07, 6.45) is 2.80. The molecule has 20 heavy (non-hydrogen) atoms. The molecule has 1 fully saturated rings. The number of anilines is 1. The molecule has 0 radical (unpaired) electrons. The first-order valence-corrected chi connectivity index (χ1v) is 6.40. The number of carbonyl (C=O) groups excluding carboxylic acids is 1. The first-order valence-electron chi connectivity index (χ1n) is 6.40. The number of ether oxygens (including phenoxy) is 2. The molecule has 0 saturated carbocycles. The Morgan fingerprint density at radius 2 is 2.30 bits per heavy atom. The number of non-ortho nitro benzene ring substituents is 1. The summed E-state index contributed by atoms with van der Waals surface area (Å²) in [5.74, 6) is -0.666. The fourth-order valence-electron chi connectivity index (χ4n) is 2.02. The third-order valence-electron chi connectivity index (χ3n) is 3.14. The highest BCUT2D eigenvalue weighted by Crippen LogP contribution is 2.21. The molecule has 1 aliphatic heterocycles. The van der Waals surface area contributed by atoms with Gasteiger partial charge in [0.1, 0.15) is 6.61 Å². The van der Waals surface area contributed by atoms with Crippen molar-refractivity contribution in [2.75, 3.05) is 18.9 Å². The molecule has 0 bridgehead atoms. The van der Waals surface area contributed by atoms with Gasteiger partial charge in [0, 0.05) is 24.4 Å². The Bertz CT molecular complexity index is 511. The van der Waals surface area contributed by atoms with Crippen molar-refractivity contribution in [2.45, 2.75) is 25.4 Å². The smallest absolute Gasteiger partial charge is 0.340 e. The van der Waals surface area contributed by atoms with E-state index in [0.29, 0.717) is 6.61 Å². The molecule has 108 valence electrons. The number of nitrogens with zero attached hydrogens (tertiary/aromatic N) is 1. The van der Waals surface area contributed by atoms with Gasteiger partial charge in [-0.2, -0.15) is 0 Å². The number of hydrogen-bond acceptors (Lipinski definition) is 6. The van der Waals surface area contributed by atoms with Crippen LogP contribution in [0.25, 0.3) is 0 Å². The molecule has 0 spiro atoms. The van der Waals surface area contributed by atoms with Crippen molar-refractivity contribution in [3.63, 3.8) is 0 Å². The van der Waals surface area contributed by atoms with Gasteiger partial charge in [-0.15, -0.1) is 0 Å². The number of carbonyl (C=O) groups is 1. The van der Waals surface area contributed by atoms with E-state index in [0.717, 1.165) is 25.3 Å². The zero-order valence-electron chi connectivity index (χ0n) is 10.9. The summed E-state index contributed by atoms with van der Waals surface area (Å²) in [6, 6.07) is 3.70. The van der Waals surface area contributed by atoms with Gasteiger partial charge in [0.05, 0.1) is 16.6 Å². The first kappa shape index (κ1) is 14.3. The summed E-state index contributed by atoms with van der Waals surface area (Å²) in [5, 5.41) is 10.7. The van der Waals surface area contributed by atoms with Gasteiger partial charge in [0.2, 0.25) is 0 Å². The lowest BCUT2D eigenvalue weighted by Gasteiger charge is -2.22. The third-order valence-corrected chi connectivity index (χ3v) is 3.14. The van der Waals surface area contributed by atoms with Crippen LogP contribution in [0.5, 0.6) is 0 Å². The second-order valence-corrected chi connectivity index (χ2v) is 4.62. The van der Waals surface area contributed by atoms with Gasteiger partial charge in [-0.25, -0.2) is 4.79 Å². The largest absolute Gasteiger partial charge is 0.459 e. The number of nitro benzene ring substituents is 1. The van der Waals surface area contributed by atoms with E-state index in [1.165, 1.54) is 12.1 Å². The maximum Gasteiger partial charge on any atom is 0.340 e. The minimum atomic E-state index is -0.666. The maximum absolute atomic E-state index is 11.9. The SMILES string of the molecule is Nc1ccc([N+](=O)[O-])cc1C(=O)OCC1CCCCO1. The van der Waals surface area contributed by atoms with E-state index in [4.69, 9.17) is 15.2 Å². The Hall–Kier alpha value is -2.15. The monoisotopic (exact) mass is 280 g/mol. The van der Waals surface area contributed by atoms with E-state index in [2.05, 4.69) is 0 Å². The van der Waals surface area contributed by atoms with E-state index in [-0.39, 0.29) is 29.6 Å². The Morgan fingerprint density at radius 1 is 1.50 bits per heavy atom. The van der Waals surface area contributed by atoms with Crippen molar-refractivity contribution in [2.24, 2.45) is 0 Å². The molecule has 1 aromatic carbocycles. The van der Waals surface area contributed by atoms with Crippen molar-refractivity contribution >= 4 is 17.3 Å². The van der Waals surface area contributed by atoms with Crippen LogP contribution in [0.1, 0.15) is 29.6 Å². The molecule has 1 heterocycles.